The number of carbonyl (C=O) groups is 1. The number of rotatable bonds is 3. The fraction of sp³-hybridized carbons (Fsp3) is 0.0909. The zero-order chi connectivity index (χ0) is 9.80. The van der Waals surface area contributed by atoms with Gasteiger partial charge in [0.05, 0.1) is 0 Å². The molecule has 0 aliphatic heterocycles. The van der Waals surface area contributed by atoms with Gasteiger partial charge in [-0.2, -0.15) is 0 Å². The maximum Gasteiger partial charge on any atom is 0.137 e. The Labute approximate surface area is 81.5 Å². The Kier molecular flexibility index (Phi) is 2.40. The van der Waals surface area contributed by atoms with E-state index in [1.807, 2.05) is 30.5 Å². The highest BCUT2D eigenvalue weighted by molar-refractivity contribution is 5.86. The minimum Gasteiger partial charge on any atom is -0.346 e. The van der Waals surface area contributed by atoms with Crippen molar-refractivity contribution in [2.75, 3.05) is 0 Å². The number of nitrogens with zero attached hydrogens (tertiary/aromatic N) is 1. The molecule has 2 rings (SSSR count). The zero-order valence-electron chi connectivity index (χ0n) is 7.60. The third-order valence-electron chi connectivity index (χ3n) is 2.01. The summed E-state index contributed by atoms with van der Waals surface area (Å²) in [4.78, 5) is 17.4. The summed E-state index contributed by atoms with van der Waals surface area (Å²) in [6, 6.07) is 3.90. The number of nitrogens with one attached hydrogen (secondary N) is 1. The van der Waals surface area contributed by atoms with E-state index in [2.05, 4.69) is 9.97 Å². The van der Waals surface area contributed by atoms with Crippen LogP contribution >= 0.6 is 0 Å². The number of hydrogen-bond acceptors (Lipinski definition) is 2. The van der Waals surface area contributed by atoms with Crippen molar-refractivity contribution in [1.29, 1.82) is 0 Å². The molecule has 0 unspecified atom stereocenters. The zero-order valence-corrected chi connectivity index (χ0v) is 7.60. The molecule has 0 aliphatic rings. The summed E-state index contributed by atoms with van der Waals surface area (Å²) in [7, 11) is 0. The topological polar surface area (TPSA) is 45.8 Å². The molecule has 2 heterocycles. The normalized spacial score (nSPS) is 11.1. The highest BCUT2D eigenvalue weighted by Crippen LogP contribution is 2.16. The van der Waals surface area contributed by atoms with Crippen LogP contribution in [0.25, 0.3) is 17.1 Å². The van der Waals surface area contributed by atoms with Gasteiger partial charge in [0, 0.05) is 29.8 Å². The second-order valence-electron chi connectivity index (χ2n) is 2.95. The Balaban J connectivity index is 2.38. The third kappa shape index (κ3) is 1.57. The number of aromatic nitrogens is 2. The molecule has 2 aromatic rings. The molecule has 0 bridgehead atoms. The van der Waals surface area contributed by atoms with Crippen molar-refractivity contribution >= 4 is 23.4 Å². The lowest BCUT2D eigenvalue weighted by Crippen LogP contribution is -1.73. The van der Waals surface area contributed by atoms with E-state index in [0.717, 1.165) is 22.9 Å². The van der Waals surface area contributed by atoms with Crippen LogP contribution in [0.5, 0.6) is 0 Å². The second kappa shape index (κ2) is 3.87. The summed E-state index contributed by atoms with van der Waals surface area (Å²) in [5.41, 5.74) is 1.94. The molecular weight excluding hydrogens is 176 g/mol. The summed E-state index contributed by atoms with van der Waals surface area (Å²) in [5.74, 6) is 0. The number of H-pyrrole nitrogens is 1. The van der Waals surface area contributed by atoms with Gasteiger partial charge in [-0.25, -0.2) is 4.98 Å². The first-order valence-electron chi connectivity index (χ1n) is 4.44. The van der Waals surface area contributed by atoms with Gasteiger partial charge >= 0.3 is 0 Å². The molecule has 1 N–H and O–H groups in total. The van der Waals surface area contributed by atoms with Gasteiger partial charge in [-0.15, -0.1) is 0 Å². The largest absolute Gasteiger partial charge is 0.346 e. The third-order valence-corrected chi connectivity index (χ3v) is 2.01. The summed E-state index contributed by atoms with van der Waals surface area (Å²) in [6.07, 6.45) is 8.73. The predicted molar refractivity (Wildman–Crippen MR) is 55.8 cm³/mol. The highest BCUT2D eigenvalue weighted by atomic mass is 16.1. The molecule has 14 heavy (non-hydrogen) atoms. The van der Waals surface area contributed by atoms with Crippen molar-refractivity contribution in [3.8, 4) is 0 Å². The quantitative estimate of drug-likeness (QED) is 0.746. The first kappa shape index (κ1) is 8.69. The summed E-state index contributed by atoms with van der Waals surface area (Å²) < 4.78 is 0. The molecule has 0 aliphatic carbocycles. The fourth-order valence-corrected chi connectivity index (χ4v) is 1.37. The SMILES string of the molecule is O=CCC=Cc1c[nH]c2ncccc12. The molecule has 2 aromatic heterocycles. The monoisotopic (exact) mass is 186 g/mol. The molecule has 70 valence electrons. The molecule has 0 aromatic carbocycles. The molecule has 0 radical (unpaired) electrons. The van der Waals surface area contributed by atoms with Crippen LogP contribution in [0.4, 0.5) is 0 Å². The summed E-state index contributed by atoms with van der Waals surface area (Å²) in [5, 5.41) is 1.08. The Morgan fingerprint density at radius 2 is 2.43 bits per heavy atom. The van der Waals surface area contributed by atoms with Crippen LogP contribution in [-0.4, -0.2) is 16.3 Å². The van der Waals surface area contributed by atoms with Crippen LogP contribution in [0, 0.1) is 0 Å². The van der Waals surface area contributed by atoms with Crippen LogP contribution in [0.2, 0.25) is 0 Å². The molecule has 3 nitrogen and oxygen atoms in total. The van der Waals surface area contributed by atoms with Crippen molar-refractivity contribution in [3.05, 3.63) is 36.2 Å². The van der Waals surface area contributed by atoms with E-state index in [1.54, 1.807) is 6.20 Å². The predicted octanol–water partition coefficient (Wildman–Crippen LogP) is 2.17. The number of pyridine rings is 1. The van der Waals surface area contributed by atoms with Gasteiger partial charge < -0.3 is 9.78 Å². The minimum atomic E-state index is 0.451. The highest BCUT2D eigenvalue weighted by Gasteiger charge is 1.98. The Bertz CT molecular complexity index is 471. The number of aldehydes is 1. The summed E-state index contributed by atoms with van der Waals surface area (Å²) >= 11 is 0. The number of carbonyl (C=O) groups excluding carboxylic acids is 1. The van der Waals surface area contributed by atoms with E-state index >= 15 is 0 Å². The van der Waals surface area contributed by atoms with E-state index in [9.17, 15) is 4.79 Å². The number of fused-ring (bicyclic) bond motifs is 1. The molecule has 0 saturated heterocycles. The van der Waals surface area contributed by atoms with Gasteiger partial charge in [0.1, 0.15) is 11.9 Å². The van der Waals surface area contributed by atoms with Gasteiger partial charge in [0.2, 0.25) is 0 Å². The lowest BCUT2D eigenvalue weighted by atomic mass is 10.2. The maximum atomic E-state index is 10.1. The van der Waals surface area contributed by atoms with E-state index < -0.39 is 0 Å². The van der Waals surface area contributed by atoms with E-state index in [0.29, 0.717) is 6.42 Å². The van der Waals surface area contributed by atoms with Crippen LogP contribution < -0.4 is 0 Å². The smallest absolute Gasteiger partial charge is 0.137 e. The lowest BCUT2D eigenvalue weighted by Gasteiger charge is -1.88. The number of aromatic amines is 1. The van der Waals surface area contributed by atoms with Crippen LogP contribution in [0.1, 0.15) is 12.0 Å². The number of allylic oxidation sites excluding steroid dienone is 1. The van der Waals surface area contributed by atoms with Crippen LogP contribution in [0.15, 0.2) is 30.6 Å². The Morgan fingerprint density at radius 3 is 3.29 bits per heavy atom. The second-order valence-corrected chi connectivity index (χ2v) is 2.95. The molecule has 3 heteroatoms. The first-order valence-corrected chi connectivity index (χ1v) is 4.44. The van der Waals surface area contributed by atoms with E-state index in [-0.39, 0.29) is 0 Å². The standard InChI is InChI=1S/C11H10N2O/c14-7-2-1-4-9-8-13-11-10(9)5-3-6-12-11/h1,3-8H,2H2,(H,12,13). The molecule has 0 atom stereocenters. The Hall–Kier alpha value is -1.90. The van der Waals surface area contributed by atoms with Gasteiger partial charge in [0.25, 0.3) is 0 Å². The Morgan fingerprint density at radius 1 is 1.50 bits per heavy atom. The van der Waals surface area contributed by atoms with Crippen molar-refractivity contribution in [3.63, 3.8) is 0 Å². The molecule has 0 spiro atoms. The van der Waals surface area contributed by atoms with E-state index in [1.165, 1.54) is 0 Å². The van der Waals surface area contributed by atoms with Crippen molar-refractivity contribution in [2.24, 2.45) is 0 Å². The summed E-state index contributed by atoms with van der Waals surface area (Å²) in [6.45, 7) is 0. The van der Waals surface area contributed by atoms with Crippen LogP contribution in [0.3, 0.4) is 0 Å². The van der Waals surface area contributed by atoms with Gasteiger partial charge in [-0.3, -0.25) is 0 Å². The van der Waals surface area contributed by atoms with Crippen molar-refractivity contribution in [1.82, 2.24) is 9.97 Å². The first-order chi connectivity index (χ1) is 6.92. The molecular formula is C11H10N2O. The van der Waals surface area contributed by atoms with Crippen molar-refractivity contribution in [2.45, 2.75) is 6.42 Å². The average molecular weight is 186 g/mol. The van der Waals surface area contributed by atoms with Crippen molar-refractivity contribution < 1.29 is 4.79 Å². The molecule has 0 saturated carbocycles. The maximum absolute atomic E-state index is 10.1. The fourth-order valence-electron chi connectivity index (χ4n) is 1.37. The van der Waals surface area contributed by atoms with Gasteiger partial charge in [-0.05, 0) is 12.1 Å². The van der Waals surface area contributed by atoms with Gasteiger partial charge in [-0.1, -0.05) is 12.2 Å². The number of hydrogen-bond donors (Lipinski definition) is 1. The molecule has 0 fully saturated rings. The van der Waals surface area contributed by atoms with Gasteiger partial charge in [0.15, 0.2) is 0 Å². The lowest BCUT2D eigenvalue weighted by molar-refractivity contribution is -0.107. The van der Waals surface area contributed by atoms with Crippen LogP contribution in [-0.2, 0) is 4.79 Å². The average Bonchev–Trinajstić information content (AvgIpc) is 2.63. The minimum absolute atomic E-state index is 0.451. The molecule has 0 amide bonds. The van der Waals surface area contributed by atoms with E-state index in [4.69, 9.17) is 0 Å².